The molecule has 0 unspecified atom stereocenters. The van der Waals surface area contributed by atoms with Crippen molar-refractivity contribution in [3.8, 4) is 17.2 Å². The van der Waals surface area contributed by atoms with Crippen molar-refractivity contribution in [2.45, 2.75) is 6.92 Å². The van der Waals surface area contributed by atoms with Crippen molar-refractivity contribution in [1.82, 2.24) is 4.98 Å². The highest BCUT2D eigenvalue weighted by Crippen LogP contribution is 2.30. The molecule has 19 heavy (non-hydrogen) atoms. The highest BCUT2D eigenvalue weighted by atomic mass is 14.6. The standard InChI is InChI=1S/C17H12N2/c1-12-5-6-16(17-11-19-8-7-15(12)17)14-4-2-3-13(9-14)10-18/h2-9,11H,1H3. The summed E-state index contributed by atoms with van der Waals surface area (Å²) in [6.45, 7) is 2.10. The Labute approximate surface area is 112 Å². The first-order valence-electron chi connectivity index (χ1n) is 6.13. The molecule has 0 atom stereocenters. The smallest absolute Gasteiger partial charge is 0.0991 e. The van der Waals surface area contributed by atoms with Gasteiger partial charge < -0.3 is 0 Å². The third kappa shape index (κ3) is 1.96. The van der Waals surface area contributed by atoms with Crippen molar-refractivity contribution >= 4 is 10.8 Å². The maximum Gasteiger partial charge on any atom is 0.0991 e. The Hall–Kier alpha value is -2.66. The van der Waals surface area contributed by atoms with Crippen LogP contribution in [0.2, 0.25) is 0 Å². The predicted octanol–water partition coefficient (Wildman–Crippen LogP) is 4.08. The molecule has 2 aromatic carbocycles. The number of pyridine rings is 1. The van der Waals surface area contributed by atoms with Gasteiger partial charge in [-0.3, -0.25) is 4.98 Å². The molecule has 0 aliphatic heterocycles. The van der Waals surface area contributed by atoms with Crippen molar-refractivity contribution in [3.63, 3.8) is 0 Å². The van der Waals surface area contributed by atoms with E-state index < -0.39 is 0 Å². The minimum Gasteiger partial charge on any atom is -0.264 e. The van der Waals surface area contributed by atoms with Crippen molar-refractivity contribution in [1.29, 1.82) is 5.26 Å². The lowest BCUT2D eigenvalue weighted by Crippen LogP contribution is -1.86. The first-order chi connectivity index (χ1) is 9.29. The molecule has 0 aliphatic carbocycles. The lowest BCUT2D eigenvalue weighted by atomic mass is 9.96. The predicted molar refractivity (Wildman–Crippen MR) is 76.6 cm³/mol. The molecule has 0 amide bonds. The maximum atomic E-state index is 9.00. The van der Waals surface area contributed by atoms with Crippen LogP contribution >= 0.6 is 0 Å². The summed E-state index contributed by atoms with van der Waals surface area (Å²) in [6, 6.07) is 16.1. The molecule has 0 spiro atoms. The fourth-order valence-electron chi connectivity index (χ4n) is 2.35. The summed E-state index contributed by atoms with van der Waals surface area (Å²) in [6.07, 6.45) is 3.70. The number of aryl methyl sites for hydroxylation is 1. The van der Waals surface area contributed by atoms with Gasteiger partial charge in [0, 0.05) is 17.8 Å². The zero-order valence-electron chi connectivity index (χ0n) is 10.6. The summed E-state index contributed by atoms with van der Waals surface area (Å²) in [4.78, 5) is 4.22. The summed E-state index contributed by atoms with van der Waals surface area (Å²) >= 11 is 0. The Kier molecular flexibility index (Phi) is 2.74. The topological polar surface area (TPSA) is 36.7 Å². The number of rotatable bonds is 1. The third-order valence-electron chi connectivity index (χ3n) is 3.34. The lowest BCUT2D eigenvalue weighted by molar-refractivity contribution is 1.35. The minimum absolute atomic E-state index is 0.676. The van der Waals surface area contributed by atoms with Crippen LogP contribution in [0, 0.1) is 18.3 Å². The van der Waals surface area contributed by atoms with E-state index >= 15 is 0 Å². The second-order valence-corrected chi connectivity index (χ2v) is 4.54. The van der Waals surface area contributed by atoms with Crippen molar-refractivity contribution in [3.05, 3.63) is 66.0 Å². The average Bonchev–Trinajstić information content (AvgIpc) is 2.48. The van der Waals surface area contributed by atoms with Crippen molar-refractivity contribution in [2.75, 3.05) is 0 Å². The van der Waals surface area contributed by atoms with Gasteiger partial charge >= 0.3 is 0 Å². The zero-order valence-corrected chi connectivity index (χ0v) is 10.6. The molecule has 0 saturated heterocycles. The molecule has 3 aromatic rings. The SMILES string of the molecule is Cc1ccc(-c2cccc(C#N)c2)c2cnccc12. The van der Waals surface area contributed by atoms with E-state index in [2.05, 4.69) is 30.1 Å². The van der Waals surface area contributed by atoms with Gasteiger partial charge in [0.25, 0.3) is 0 Å². The minimum atomic E-state index is 0.676. The van der Waals surface area contributed by atoms with Gasteiger partial charge in [-0.2, -0.15) is 5.26 Å². The van der Waals surface area contributed by atoms with Crippen LogP contribution in [0.5, 0.6) is 0 Å². The van der Waals surface area contributed by atoms with Crippen LogP contribution in [0.1, 0.15) is 11.1 Å². The Morgan fingerprint density at radius 2 is 1.95 bits per heavy atom. The monoisotopic (exact) mass is 244 g/mol. The highest BCUT2D eigenvalue weighted by Gasteiger charge is 2.06. The van der Waals surface area contributed by atoms with Gasteiger partial charge in [0.05, 0.1) is 11.6 Å². The van der Waals surface area contributed by atoms with Crippen LogP contribution in [0.3, 0.4) is 0 Å². The van der Waals surface area contributed by atoms with Gasteiger partial charge in [-0.25, -0.2) is 0 Å². The Morgan fingerprint density at radius 3 is 2.79 bits per heavy atom. The van der Waals surface area contributed by atoms with E-state index in [0.29, 0.717) is 5.56 Å². The van der Waals surface area contributed by atoms with Gasteiger partial charge in [-0.15, -0.1) is 0 Å². The zero-order chi connectivity index (χ0) is 13.2. The van der Waals surface area contributed by atoms with Crippen LogP contribution in [0.25, 0.3) is 21.9 Å². The molecule has 0 fully saturated rings. The number of fused-ring (bicyclic) bond motifs is 1. The van der Waals surface area contributed by atoms with E-state index in [1.54, 1.807) is 0 Å². The van der Waals surface area contributed by atoms with Gasteiger partial charge in [0.2, 0.25) is 0 Å². The number of hydrogen-bond donors (Lipinski definition) is 0. The summed E-state index contributed by atoms with van der Waals surface area (Å²) in [5.41, 5.74) is 4.08. The van der Waals surface area contributed by atoms with Crippen LogP contribution in [0.4, 0.5) is 0 Å². The van der Waals surface area contributed by atoms with E-state index in [0.717, 1.165) is 16.5 Å². The number of nitrogens with zero attached hydrogens (tertiary/aromatic N) is 2. The second-order valence-electron chi connectivity index (χ2n) is 4.54. The first-order valence-corrected chi connectivity index (χ1v) is 6.13. The molecular weight excluding hydrogens is 232 g/mol. The van der Waals surface area contributed by atoms with E-state index in [1.807, 2.05) is 42.7 Å². The fourth-order valence-corrected chi connectivity index (χ4v) is 2.35. The Morgan fingerprint density at radius 1 is 1.05 bits per heavy atom. The number of hydrogen-bond acceptors (Lipinski definition) is 2. The second kappa shape index (κ2) is 4.55. The summed E-state index contributed by atoms with van der Waals surface area (Å²) in [5, 5.41) is 11.3. The molecule has 90 valence electrons. The molecule has 0 N–H and O–H groups in total. The highest BCUT2D eigenvalue weighted by molar-refractivity contribution is 5.97. The molecule has 2 nitrogen and oxygen atoms in total. The molecule has 1 heterocycles. The third-order valence-corrected chi connectivity index (χ3v) is 3.34. The van der Waals surface area contributed by atoms with Crippen LogP contribution in [0.15, 0.2) is 54.9 Å². The maximum absolute atomic E-state index is 9.00. The van der Waals surface area contributed by atoms with E-state index in [-0.39, 0.29) is 0 Å². The molecule has 3 rings (SSSR count). The number of aromatic nitrogens is 1. The molecular formula is C17H12N2. The van der Waals surface area contributed by atoms with E-state index in [1.165, 1.54) is 10.9 Å². The summed E-state index contributed by atoms with van der Waals surface area (Å²) in [5.74, 6) is 0. The number of nitriles is 1. The average molecular weight is 244 g/mol. The van der Waals surface area contributed by atoms with Crippen molar-refractivity contribution in [2.24, 2.45) is 0 Å². The molecule has 0 saturated carbocycles. The fraction of sp³-hybridized carbons (Fsp3) is 0.0588. The molecule has 0 bridgehead atoms. The first kappa shape index (κ1) is 11.4. The van der Waals surface area contributed by atoms with Crippen LogP contribution in [-0.2, 0) is 0 Å². The summed E-state index contributed by atoms with van der Waals surface area (Å²) < 4.78 is 0. The van der Waals surface area contributed by atoms with Gasteiger partial charge in [-0.1, -0.05) is 24.3 Å². The van der Waals surface area contributed by atoms with E-state index in [9.17, 15) is 0 Å². The summed E-state index contributed by atoms with van der Waals surface area (Å²) in [7, 11) is 0. The normalized spacial score (nSPS) is 10.3. The molecule has 1 aromatic heterocycles. The largest absolute Gasteiger partial charge is 0.264 e. The lowest BCUT2D eigenvalue weighted by Gasteiger charge is -2.09. The van der Waals surface area contributed by atoms with Crippen LogP contribution in [-0.4, -0.2) is 4.98 Å². The van der Waals surface area contributed by atoms with Gasteiger partial charge in [0.15, 0.2) is 0 Å². The molecule has 2 heteroatoms. The van der Waals surface area contributed by atoms with Gasteiger partial charge in [0.1, 0.15) is 0 Å². The van der Waals surface area contributed by atoms with Crippen LogP contribution < -0.4 is 0 Å². The Bertz CT molecular complexity index is 798. The Balaban J connectivity index is 2.31. The number of benzene rings is 2. The molecule has 0 aliphatic rings. The van der Waals surface area contributed by atoms with E-state index in [4.69, 9.17) is 5.26 Å². The quantitative estimate of drug-likeness (QED) is 0.646. The van der Waals surface area contributed by atoms with Crippen molar-refractivity contribution < 1.29 is 0 Å². The molecule has 0 radical (unpaired) electrons. The van der Waals surface area contributed by atoms with Gasteiger partial charge in [-0.05, 0) is 47.2 Å².